The molecule has 0 atom stereocenters. The van der Waals surface area contributed by atoms with Crippen LogP contribution in [0.5, 0.6) is 0 Å². The Bertz CT molecular complexity index is 340. The van der Waals surface area contributed by atoms with Gasteiger partial charge in [0.25, 0.3) is 5.56 Å². The summed E-state index contributed by atoms with van der Waals surface area (Å²) in [6.07, 6.45) is 2.02. The first-order chi connectivity index (χ1) is 5.27. The zero-order valence-electron chi connectivity index (χ0n) is 6.50. The zero-order valence-corrected chi connectivity index (χ0v) is 6.50. The van der Waals surface area contributed by atoms with Crippen molar-refractivity contribution in [1.29, 1.82) is 0 Å². The summed E-state index contributed by atoms with van der Waals surface area (Å²) in [6, 6.07) is 1.59. The number of aromatic nitrogens is 2. The first kappa shape index (κ1) is 6.58. The van der Waals surface area contributed by atoms with Crippen LogP contribution in [-0.2, 0) is 13.0 Å². The summed E-state index contributed by atoms with van der Waals surface area (Å²) in [5.74, 6) is 0.954. The molecule has 58 valence electrons. The highest BCUT2D eigenvalue weighted by Gasteiger charge is 2.12. The minimum atomic E-state index is 0.102. The minimum absolute atomic E-state index is 0.102. The number of nitrogens with zero attached hydrogens (tertiary/aromatic N) is 2. The largest absolute Gasteiger partial charge is 0.297 e. The third-order valence-electron chi connectivity index (χ3n) is 2.00. The predicted molar refractivity (Wildman–Crippen MR) is 41.6 cm³/mol. The molecule has 2 rings (SSSR count). The maximum Gasteiger partial charge on any atom is 0.253 e. The Morgan fingerprint density at radius 2 is 2.45 bits per heavy atom. The van der Waals surface area contributed by atoms with E-state index in [0.717, 1.165) is 30.9 Å². The molecule has 1 aromatic heterocycles. The lowest BCUT2D eigenvalue weighted by atomic mass is 10.3. The lowest BCUT2D eigenvalue weighted by molar-refractivity contribution is 0.708. The summed E-state index contributed by atoms with van der Waals surface area (Å²) in [5.41, 5.74) is 0.938. The van der Waals surface area contributed by atoms with Crippen LogP contribution in [0.15, 0.2) is 10.9 Å². The molecule has 0 amide bonds. The van der Waals surface area contributed by atoms with Crippen molar-refractivity contribution >= 4 is 0 Å². The van der Waals surface area contributed by atoms with Crippen molar-refractivity contribution in [1.82, 2.24) is 9.55 Å². The van der Waals surface area contributed by atoms with E-state index < -0.39 is 0 Å². The number of fused-ring (bicyclic) bond motifs is 1. The van der Waals surface area contributed by atoms with Crippen molar-refractivity contribution in [3.8, 4) is 0 Å². The van der Waals surface area contributed by atoms with Gasteiger partial charge in [0.1, 0.15) is 5.82 Å². The maximum absolute atomic E-state index is 11.3. The van der Waals surface area contributed by atoms with E-state index in [1.165, 1.54) is 0 Å². The molecule has 3 heteroatoms. The van der Waals surface area contributed by atoms with Crippen LogP contribution in [0.1, 0.15) is 17.9 Å². The SMILES string of the molecule is Cc1cc(=O)n2c(n1)CCC2. The van der Waals surface area contributed by atoms with E-state index >= 15 is 0 Å². The fraction of sp³-hybridized carbons (Fsp3) is 0.500. The molecule has 0 bridgehead atoms. The third-order valence-corrected chi connectivity index (χ3v) is 2.00. The van der Waals surface area contributed by atoms with Crippen molar-refractivity contribution in [2.45, 2.75) is 26.3 Å². The van der Waals surface area contributed by atoms with Gasteiger partial charge >= 0.3 is 0 Å². The topological polar surface area (TPSA) is 34.9 Å². The highest BCUT2D eigenvalue weighted by molar-refractivity contribution is 5.05. The van der Waals surface area contributed by atoms with Gasteiger partial charge in [-0.3, -0.25) is 9.36 Å². The van der Waals surface area contributed by atoms with Crippen LogP contribution < -0.4 is 5.56 Å². The number of hydrogen-bond donors (Lipinski definition) is 0. The second-order valence-electron chi connectivity index (χ2n) is 2.91. The van der Waals surface area contributed by atoms with E-state index in [1.807, 2.05) is 6.92 Å². The van der Waals surface area contributed by atoms with Gasteiger partial charge in [-0.2, -0.15) is 0 Å². The summed E-state index contributed by atoms with van der Waals surface area (Å²) in [7, 11) is 0. The first-order valence-electron chi connectivity index (χ1n) is 3.85. The van der Waals surface area contributed by atoms with Gasteiger partial charge in [-0.15, -0.1) is 0 Å². The molecule has 0 aromatic carbocycles. The van der Waals surface area contributed by atoms with Crippen LogP contribution in [0.25, 0.3) is 0 Å². The van der Waals surface area contributed by atoms with Gasteiger partial charge in [0.2, 0.25) is 0 Å². The lowest BCUT2D eigenvalue weighted by Gasteiger charge is -2.00. The van der Waals surface area contributed by atoms with Crippen LogP contribution in [-0.4, -0.2) is 9.55 Å². The minimum Gasteiger partial charge on any atom is -0.297 e. The molecule has 0 N–H and O–H groups in total. The van der Waals surface area contributed by atoms with Crippen molar-refractivity contribution in [3.63, 3.8) is 0 Å². The summed E-state index contributed by atoms with van der Waals surface area (Å²) in [4.78, 5) is 15.5. The molecule has 0 radical (unpaired) electrons. The average molecular weight is 150 g/mol. The number of aryl methyl sites for hydroxylation is 2. The van der Waals surface area contributed by atoms with Gasteiger partial charge in [-0.25, -0.2) is 4.98 Å². The van der Waals surface area contributed by atoms with E-state index in [-0.39, 0.29) is 5.56 Å². The lowest BCUT2D eigenvalue weighted by Crippen LogP contribution is -2.20. The van der Waals surface area contributed by atoms with Crippen LogP contribution >= 0.6 is 0 Å². The molecule has 3 nitrogen and oxygen atoms in total. The van der Waals surface area contributed by atoms with Crippen molar-refractivity contribution in [2.75, 3.05) is 0 Å². The fourth-order valence-corrected chi connectivity index (χ4v) is 1.51. The molecule has 0 saturated carbocycles. The van der Waals surface area contributed by atoms with E-state index in [1.54, 1.807) is 10.6 Å². The Balaban J connectivity index is 2.70. The Labute approximate surface area is 64.7 Å². The molecule has 2 heterocycles. The highest BCUT2D eigenvalue weighted by atomic mass is 16.1. The molecule has 0 saturated heterocycles. The average Bonchev–Trinajstić information content (AvgIpc) is 2.34. The third kappa shape index (κ3) is 0.964. The smallest absolute Gasteiger partial charge is 0.253 e. The van der Waals surface area contributed by atoms with Gasteiger partial charge < -0.3 is 0 Å². The van der Waals surface area contributed by atoms with Gasteiger partial charge in [0.05, 0.1) is 0 Å². The van der Waals surface area contributed by atoms with Gasteiger partial charge in [-0.1, -0.05) is 0 Å². The second kappa shape index (κ2) is 2.19. The molecular weight excluding hydrogens is 140 g/mol. The summed E-state index contributed by atoms with van der Waals surface area (Å²) < 4.78 is 1.76. The quantitative estimate of drug-likeness (QED) is 0.539. The number of rotatable bonds is 0. The second-order valence-corrected chi connectivity index (χ2v) is 2.91. The first-order valence-corrected chi connectivity index (χ1v) is 3.85. The van der Waals surface area contributed by atoms with Gasteiger partial charge in [0, 0.05) is 24.7 Å². The van der Waals surface area contributed by atoms with Crippen molar-refractivity contribution < 1.29 is 0 Å². The Kier molecular flexibility index (Phi) is 1.31. The van der Waals surface area contributed by atoms with E-state index in [9.17, 15) is 4.79 Å². The zero-order chi connectivity index (χ0) is 7.84. The summed E-state index contributed by atoms with van der Waals surface area (Å²) >= 11 is 0. The van der Waals surface area contributed by atoms with Gasteiger partial charge in [-0.05, 0) is 13.3 Å². The molecule has 1 aliphatic rings. The Hall–Kier alpha value is -1.12. The molecule has 0 fully saturated rings. The van der Waals surface area contributed by atoms with Crippen LogP contribution in [0.3, 0.4) is 0 Å². The molecule has 1 aromatic rings. The van der Waals surface area contributed by atoms with Crippen LogP contribution in [0.4, 0.5) is 0 Å². The monoisotopic (exact) mass is 150 g/mol. The normalized spacial score (nSPS) is 15.0. The van der Waals surface area contributed by atoms with Crippen LogP contribution in [0.2, 0.25) is 0 Å². The summed E-state index contributed by atoms with van der Waals surface area (Å²) in [6.45, 7) is 2.71. The van der Waals surface area contributed by atoms with Gasteiger partial charge in [0.15, 0.2) is 0 Å². The van der Waals surface area contributed by atoms with Crippen LogP contribution in [0, 0.1) is 6.92 Å². The highest BCUT2D eigenvalue weighted by Crippen LogP contribution is 2.08. The fourth-order valence-electron chi connectivity index (χ4n) is 1.51. The molecule has 0 spiro atoms. The molecular formula is C8H10N2O. The van der Waals surface area contributed by atoms with E-state index in [2.05, 4.69) is 4.98 Å². The van der Waals surface area contributed by atoms with Crippen molar-refractivity contribution in [3.05, 3.63) is 27.9 Å². The van der Waals surface area contributed by atoms with E-state index in [4.69, 9.17) is 0 Å². The molecule has 1 aliphatic heterocycles. The predicted octanol–water partition coefficient (Wildman–Crippen LogP) is 0.498. The van der Waals surface area contributed by atoms with Crippen molar-refractivity contribution in [2.24, 2.45) is 0 Å². The standard InChI is InChI=1S/C8H10N2O/c1-6-5-8(11)10-4-2-3-7(10)9-6/h5H,2-4H2,1H3. The Morgan fingerprint density at radius 3 is 3.27 bits per heavy atom. The molecule has 11 heavy (non-hydrogen) atoms. The number of hydrogen-bond acceptors (Lipinski definition) is 2. The maximum atomic E-state index is 11.3. The Morgan fingerprint density at radius 1 is 1.64 bits per heavy atom. The molecule has 0 unspecified atom stereocenters. The van der Waals surface area contributed by atoms with E-state index in [0.29, 0.717) is 0 Å². The summed E-state index contributed by atoms with van der Waals surface area (Å²) in [5, 5.41) is 0. The molecule has 0 aliphatic carbocycles.